The van der Waals surface area contributed by atoms with Crippen LogP contribution in [0.3, 0.4) is 0 Å². The summed E-state index contributed by atoms with van der Waals surface area (Å²) in [4.78, 5) is 13.3. The van der Waals surface area contributed by atoms with Crippen LogP contribution in [0.15, 0.2) is 29.7 Å². The van der Waals surface area contributed by atoms with Crippen molar-refractivity contribution < 1.29 is 12.6 Å². The monoisotopic (exact) mass is 388 g/mol. The first-order valence-corrected chi connectivity index (χ1v) is 10.2. The van der Waals surface area contributed by atoms with Crippen molar-refractivity contribution in [2.45, 2.75) is 18.4 Å². The number of thioether (sulfide) groups is 1. The lowest BCUT2D eigenvalue weighted by Gasteiger charge is -2.11. The molecule has 0 aromatic carbocycles. The van der Waals surface area contributed by atoms with Crippen molar-refractivity contribution in [3.63, 3.8) is 0 Å². The van der Waals surface area contributed by atoms with Gasteiger partial charge in [0.25, 0.3) is 10.1 Å². The summed E-state index contributed by atoms with van der Waals surface area (Å²) < 4.78 is 26.6. The highest BCUT2D eigenvalue weighted by molar-refractivity contribution is 7.99. The molecule has 2 heterocycles. The molecule has 24 heavy (non-hydrogen) atoms. The summed E-state index contributed by atoms with van der Waals surface area (Å²) in [6.45, 7) is 2.57. The second kappa shape index (κ2) is 8.61. The Labute approximate surface area is 150 Å². The van der Waals surface area contributed by atoms with Crippen LogP contribution in [0.25, 0.3) is 0 Å². The third-order valence-corrected chi connectivity index (χ3v) is 4.98. The Balaban J connectivity index is 1.96. The van der Waals surface area contributed by atoms with Crippen LogP contribution in [0, 0.1) is 6.92 Å². The first-order chi connectivity index (χ1) is 11.4. The van der Waals surface area contributed by atoms with Gasteiger partial charge in [-0.2, -0.15) is 8.42 Å². The predicted molar refractivity (Wildman–Crippen MR) is 94.9 cm³/mol. The van der Waals surface area contributed by atoms with E-state index < -0.39 is 10.1 Å². The molecule has 0 aliphatic rings. The fraction of sp³-hybridized carbons (Fsp3) is 0.357. The van der Waals surface area contributed by atoms with Gasteiger partial charge in [-0.25, -0.2) is 9.97 Å². The van der Waals surface area contributed by atoms with Gasteiger partial charge in [0.2, 0.25) is 0 Å². The summed E-state index contributed by atoms with van der Waals surface area (Å²) in [6.07, 6.45) is 5.69. The number of nitrogens with one attached hydrogen (secondary N) is 1. The van der Waals surface area contributed by atoms with Crippen LogP contribution in [-0.4, -0.2) is 42.0 Å². The van der Waals surface area contributed by atoms with E-state index in [0.29, 0.717) is 23.1 Å². The Kier molecular flexibility index (Phi) is 6.79. The van der Waals surface area contributed by atoms with Crippen LogP contribution in [0.2, 0.25) is 5.02 Å². The summed E-state index contributed by atoms with van der Waals surface area (Å²) >= 11 is 7.53. The van der Waals surface area contributed by atoms with Gasteiger partial charge in [0.1, 0.15) is 17.2 Å². The zero-order valence-corrected chi connectivity index (χ0v) is 15.6. The lowest BCUT2D eigenvalue weighted by atomic mass is 10.2. The molecule has 0 saturated heterocycles. The SMILES string of the molecule is Cc1c(SCCOS(C)(=O)=O)ccnc1CNc1ncncc1Cl. The van der Waals surface area contributed by atoms with Crippen LogP contribution in [0.1, 0.15) is 11.3 Å². The highest BCUT2D eigenvalue weighted by Gasteiger charge is 2.08. The molecule has 0 saturated carbocycles. The third-order valence-electron chi connectivity index (χ3n) is 2.99. The number of rotatable bonds is 8. The topological polar surface area (TPSA) is 94.1 Å². The summed E-state index contributed by atoms with van der Waals surface area (Å²) in [5.41, 5.74) is 1.87. The van der Waals surface area contributed by atoms with E-state index in [4.69, 9.17) is 15.8 Å². The number of anilines is 1. The zero-order valence-electron chi connectivity index (χ0n) is 13.2. The summed E-state index contributed by atoms with van der Waals surface area (Å²) in [5.74, 6) is 1.08. The summed E-state index contributed by atoms with van der Waals surface area (Å²) in [6, 6.07) is 1.89. The molecule has 0 bridgehead atoms. The van der Waals surface area contributed by atoms with Crippen molar-refractivity contribution in [1.82, 2.24) is 15.0 Å². The first-order valence-electron chi connectivity index (χ1n) is 6.98. The smallest absolute Gasteiger partial charge is 0.264 e. The van der Waals surface area contributed by atoms with E-state index >= 15 is 0 Å². The maximum Gasteiger partial charge on any atom is 0.264 e. The fourth-order valence-corrected chi connectivity index (χ4v) is 3.38. The molecule has 2 aromatic heterocycles. The van der Waals surface area contributed by atoms with Crippen LogP contribution in [-0.2, 0) is 20.8 Å². The Morgan fingerprint density at radius 2 is 2.17 bits per heavy atom. The highest BCUT2D eigenvalue weighted by Crippen LogP contribution is 2.24. The predicted octanol–water partition coefficient (Wildman–Crippen LogP) is 2.51. The number of hydrogen-bond acceptors (Lipinski definition) is 8. The standard InChI is InChI=1S/C14H17ClN4O3S2/c1-10-12(8-18-14-11(15)7-16-9-19-14)17-4-3-13(10)23-6-5-22-24(2,20)21/h3-4,7,9H,5-6,8H2,1-2H3,(H,16,18,19). The largest absolute Gasteiger partial charge is 0.363 e. The quantitative estimate of drug-likeness (QED) is 0.418. The first kappa shape index (κ1) is 18.9. The number of aromatic nitrogens is 3. The minimum absolute atomic E-state index is 0.134. The van der Waals surface area contributed by atoms with E-state index in [1.54, 1.807) is 6.20 Å². The van der Waals surface area contributed by atoms with E-state index in [2.05, 4.69) is 20.3 Å². The van der Waals surface area contributed by atoms with Crippen molar-refractivity contribution in [3.8, 4) is 0 Å². The molecule has 2 rings (SSSR count). The lowest BCUT2D eigenvalue weighted by molar-refractivity contribution is 0.345. The minimum atomic E-state index is -3.40. The van der Waals surface area contributed by atoms with Gasteiger partial charge in [0, 0.05) is 16.8 Å². The second-order valence-corrected chi connectivity index (χ2v) is 8.02. The number of pyridine rings is 1. The maximum absolute atomic E-state index is 10.9. The average molecular weight is 389 g/mol. The number of nitrogens with zero attached hydrogens (tertiary/aromatic N) is 3. The van der Waals surface area contributed by atoms with Gasteiger partial charge in [-0.3, -0.25) is 9.17 Å². The lowest BCUT2D eigenvalue weighted by Crippen LogP contribution is -2.07. The van der Waals surface area contributed by atoms with Gasteiger partial charge in [-0.05, 0) is 18.6 Å². The van der Waals surface area contributed by atoms with Gasteiger partial charge in [0.15, 0.2) is 0 Å². The number of halogens is 1. The molecule has 10 heteroatoms. The molecular formula is C14H17ClN4O3S2. The molecule has 7 nitrogen and oxygen atoms in total. The van der Waals surface area contributed by atoms with E-state index in [1.165, 1.54) is 24.3 Å². The maximum atomic E-state index is 10.9. The van der Waals surface area contributed by atoms with Crippen molar-refractivity contribution >= 4 is 39.3 Å². The average Bonchev–Trinajstić information content (AvgIpc) is 2.52. The Bertz CT molecular complexity index is 802. The van der Waals surface area contributed by atoms with E-state index in [-0.39, 0.29) is 6.61 Å². The van der Waals surface area contributed by atoms with Gasteiger partial charge in [0.05, 0.1) is 31.3 Å². The van der Waals surface area contributed by atoms with Gasteiger partial charge in [-0.1, -0.05) is 11.6 Å². The van der Waals surface area contributed by atoms with Crippen LogP contribution in [0.4, 0.5) is 5.82 Å². The molecule has 130 valence electrons. The van der Waals surface area contributed by atoms with E-state index in [0.717, 1.165) is 22.4 Å². The van der Waals surface area contributed by atoms with Crippen LogP contribution in [0.5, 0.6) is 0 Å². The molecule has 1 N–H and O–H groups in total. The van der Waals surface area contributed by atoms with Gasteiger partial charge >= 0.3 is 0 Å². The Morgan fingerprint density at radius 1 is 1.38 bits per heavy atom. The molecule has 2 aromatic rings. The van der Waals surface area contributed by atoms with E-state index in [1.807, 2.05) is 13.0 Å². The third kappa shape index (κ3) is 5.90. The normalized spacial score (nSPS) is 11.5. The molecule has 0 aliphatic heterocycles. The molecule has 0 aliphatic carbocycles. The molecular weight excluding hydrogens is 372 g/mol. The summed E-state index contributed by atoms with van der Waals surface area (Å²) in [7, 11) is -3.40. The van der Waals surface area contributed by atoms with Crippen molar-refractivity contribution in [1.29, 1.82) is 0 Å². The van der Waals surface area contributed by atoms with Crippen LogP contribution < -0.4 is 5.32 Å². The van der Waals surface area contributed by atoms with Gasteiger partial charge < -0.3 is 5.32 Å². The fourth-order valence-electron chi connectivity index (χ4n) is 1.84. The Hall–Kier alpha value is -1.42. The molecule has 0 radical (unpaired) electrons. The minimum Gasteiger partial charge on any atom is -0.363 e. The summed E-state index contributed by atoms with van der Waals surface area (Å²) in [5, 5.41) is 3.57. The zero-order chi connectivity index (χ0) is 17.6. The molecule has 0 amide bonds. The van der Waals surface area contributed by atoms with Crippen LogP contribution >= 0.6 is 23.4 Å². The molecule has 0 unspecified atom stereocenters. The molecule has 0 fully saturated rings. The van der Waals surface area contributed by atoms with Gasteiger partial charge in [-0.15, -0.1) is 11.8 Å². The van der Waals surface area contributed by atoms with Crippen molar-refractivity contribution in [2.24, 2.45) is 0 Å². The molecule has 0 atom stereocenters. The Morgan fingerprint density at radius 3 is 2.88 bits per heavy atom. The highest BCUT2D eigenvalue weighted by atomic mass is 35.5. The number of hydrogen-bond donors (Lipinski definition) is 1. The van der Waals surface area contributed by atoms with Crippen molar-refractivity contribution in [3.05, 3.63) is 41.1 Å². The second-order valence-electron chi connectivity index (χ2n) is 4.83. The molecule has 0 spiro atoms. The van der Waals surface area contributed by atoms with E-state index in [9.17, 15) is 8.42 Å². The van der Waals surface area contributed by atoms with Crippen molar-refractivity contribution in [2.75, 3.05) is 23.9 Å².